The predicted molar refractivity (Wildman–Crippen MR) is 132 cm³/mol. The zero-order valence-electron chi connectivity index (χ0n) is 18.9. The van der Waals surface area contributed by atoms with Gasteiger partial charge in [0.15, 0.2) is 5.65 Å². The number of fused-ring (bicyclic) bond motifs is 1. The summed E-state index contributed by atoms with van der Waals surface area (Å²) < 4.78 is 2.04. The molecule has 1 N–H and O–H groups in total. The predicted octanol–water partition coefficient (Wildman–Crippen LogP) is 5.94. The minimum atomic E-state index is -0.410. The van der Waals surface area contributed by atoms with Crippen LogP contribution in [0.3, 0.4) is 0 Å². The topological polar surface area (TPSA) is 103 Å². The van der Waals surface area contributed by atoms with E-state index in [0.717, 1.165) is 30.7 Å². The standard InChI is InChI=1S/C25H24ClN5O3/c1-3-4-9-23-28-22-14-21(29-25(32)19-7-5-6-8-20(19)26)16(2)27-24(22)30(23)15-17-10-12-18(13-11-17)31(33)34/h5-8,10-14H,3-4,9,15H2,1-2H3,(H,29,32). The van der Waals surface area contributed by atoms with Crippen LogP contribution in [0.4, 0.5) is 11.4 Å². The fourth-order valence-corrected chi connectivity index (χ4v) is 3.97. The van der Waals surface area contributed by atoms with E-state index in [4.69, 9.17) is 21.6 Å². The Morgan fingerprint density at radius 3 is 2.56 bits per heavy atom. The van der Waals surface area contributed by atoms with Crippen molar-refractivity contribution in [1.29, 1.82) is 0 Å². The molecule has 0 spiro atoms. The van der Waals surface area contributed by atoms with Crippen LogP contribution in [0, 0.1) is 17.0 Å². The number of nitro benzene ring substituents is 1. The molecule has 0 bridgehead atoms. The van der Waals surface area contributed by atoms with Crippen molar-refractivity contribution in [3.8, 4) is 0 Å². The number of non-ortho nitro benzene ring substituents is 1. The van der Waals surface area contributed by atoms with Gasteiger partial charge in [0.25, 0.3) is 11.6 Å². The first-order chi connectivity index (χ1) is 16.4. The number of pyridine rings is 1. The van der Waals surface area contributed by atoms with Crippen molar-refractivity contribution in [3.05, 3.63) is 92.4 Å². The molecule has 0 unspecified atom stereocenters. The monoisotopic (exact) mass is 477 g/mol. The number of anilines is 1. The number of hydrogen-bond donors (Lipinski definition) is 1. The molecule has 0 aliphatic carbocycles. The van der Waals surface area contributed by atoms with Gasteiger partial charge in [-0.25, -0.2) is 9.97 Å². The number of aromatic nitrogens is 3. The Morgan fingerprint density at radius 1 is 1.15 bits per heavy atom. The molecule has 2 aromatic carbocycles. The maximum absolute atomic E-state index is 12.8. The molecule has 0 aliphatic heterocycles. The lowest BCUT2D eigenvalue weighted by atomic mass is 10.2. The second kappa shape index (κ2) is 10.0. The smallest absolute Gasteiger partial charge is 0.269 e. The number of imidazole rings is 1. The molecule has 4 rings (SSSR count). The number of carbonyl (C=O) groups is 1. The molecule has 2 heterocycles. The molecule has 0 fully saturated rings. The lowest BCUT2D eigenvalue weighted by Gasteiger charge is -2.11. The van der Waals surface area contributed by atoms with Crippen LogP contribution in [0.15, 0.2) is 54.6 Å². The van der Waals surface area contributed by atoms with Crippen LogP contribution in [0.1, 0.15) is 47.2 Å². The summed E-state index contributed by atoms with van der Waals surface area (Å²) in [5.41, 5.74) is 3.96. The number of nitro groups is 1. The van der Waals surface area contributed by atoms with Crippen molar-refractivity contribution in [3.63, 3.8) is 0 Å². The second-order valence-electron chi connectivity index (χ2n) is 8.04. The third kappa shape index (κ3) is 4.92. The van der Waals surface area contributed by atoms with E-state index < -0.39 is 4.92 Å². The zero-order chi connectivity index (χ0) is 24.2. The minimum absolute atomic E-state index is 0.0540. The van der Waals surface area contributed by atoms with E-state index in [9.17, 15) is 14.9 Å². The second-order valence-corrected chi connectivity index (χ2v) is 8.45. The maximum atomic E-state index is 12.8. The number of halogens is 1. The summed E-state index contributed by atoms with van der Waals surface area (Å²) in [5, 5.41) is 14.2. The van der Waals surface area contributed by atoms with Crippen molar-refractivity contribution >= 4 is 40.0 Å². The summed E-state index contributed by atoms with van der Waals surface area (Å²) in [7, 11) is 0. The fourth-order valence-electron chi connectivity index (χ4n) is 3.74. The van der Waals surface area contributed by atoms with Gasteiger partial charge in [-0.1, -0.05) is 49.2 Å². The van der Waals surface area contributed by atoms with Crippen molar-refractivity contribution in [2.75, 3.05) is 5.32 Å². The summed E-state index contributed by atoms with van der Waals surface area (Å²) >= 11 is 6.17. The van der Waals surface area contributed by atoms with Crippen molar-refractivity contribution in [2.24, 2.45) is 0 Å². The average molecular weight is 478 g/mol. The van der Waals surface area contributed by atoms with Crippen LogP contribution in [0.5, 0.6) is 0 Å². The van der Waals surface area contributed by atoms with E-state index in [2.05, 4.69) is 12.2 Å². The van der Waals surface area contributed by atoms with Gasteiger partial charge in [0.05, 0.1) is 33.4 Å². The number of unbranched alkanes of at least 4 members (excludes halogenated alkanes) is 1. The summed E-state index contributed by atoms with van der Waals surface area (Å²) in [6.07, 6.45) is 2.77. The molecule has 34 heavy (non-hydrogen) atoms. The van der Waals surface area contributed by atoms with Gasteiger partial charge in [0.2, 0.25) is 0 Å². The van der Waals surface area contributed by atoms with Gasteiger partial charge in [-0.05, 0) is 37.1 Å². The molecular weight excluding hydrogens is 454 g/mol. The Labute approximate surface area is 201 Å². The van der Waals surface area contributed by atoms with Crippen molar-refractivity contribution in [1.82, 2.24) is 14.5 Å². The van der Waals surface area contributed by atoms with Gasteiger partial charge >= 0.3 is 0 Å². The van der Waals surface area contributed by atoms with E-state index in [0.29, 0.717) is 39.7 Å². The highest BCUT2D eigenvalue weighted by Gasteiger charge is 2.17. The van der Waals surface area contributed by atoms with Gasteiger partial charge in [0.1, 0.15) is 11.3 Å². The molecule has 2 aromatic heterocycles. The molecule has 8 nitrogen and oxygen atoms in total. The number of aryl methyl sites for hydroxylation is 2. The molecular formula is C25H24ClN5O3. The highest BCUT2D eigenvalue weighted by Crippen LogP contribution is 2.25. The third-order valence-electron chi connectivity index (χ3n) is 5.60. The van der Waals surface area contributed by atoms with Crippen LogP contribution >= 0.6 is 11.6 Å². The number of amides is 1. The van der Waals surface area contributed by atoms with Crippen LogP contribution in [0.2, 0.25) is 5.02 Å². The maximum Gasteiger partial charge on any atom is 0.269 e. The quantitative estimate of drug-likeness (QED) is 0.249. The van der Waals surface area contributed by atoms with Crippen LogP contribution in [-0.4, -0.2) is 25.4 Å². The molecule has 0 radical (unpaired) electrons. The lowest BCUT2D eigenvalue weighted by molar-refractivity contribution is -0.384. The Kier molecular flexibility index (Phi) is 6.88. The molecule has 0 atom stereocenters. The molecule has 0 saturated carbocycles. The summed E-state index contributed by atoms with van der Waals surface area (Å²) in [6.45, 7) is 4.44. The molecule has 0 aliphatic rings. The van der Waals surface area contributed by atoms with Gasteiger partial charge in [0, 0.05) is 18.6 Å². The number of carbonyl (C=O) groups excluding carboxylic acids is 1. The first-order valence-electron chi connectivity index (χ1n) is 11.0. The van der Waals surface area contributed by atoms with Crippen molar-refractivity contribution < 1.29 is 9.72 Å². The van der Waals surface area contributed by atoms with E-state index in [1.807, 2.05) is 17.6 Å². The number of nitrogens with zero attached hydrogens (tertiary/aromatic N) is 4. The molecule has 9 heteroatoms. The lowest BCUT2D eigenvalue weighted by Crippen LogP contribution is -2.14. The third-order valence-corrected chi connectivity index (χ3v) is 5.93. The molecule has 1 amide bonds. The highest BCUT2D eigenvalue weighted by atomic mass is 35.5. The van der Waals surface area contributed by atoms with E-state index >= 15 is 0 Å². The highest BCUT2D eigenvalue weighted by molar-refractivity contribution is 6.34. The SMILES string of the molecule is CCCCc1nc2cc(NC(=O)c3ccccc3Cl)c(C)nc2n1Cc1ccc([N+](=O)[O-])cc1. The van der Waals surface area contributed by atoms with Gasteiger partial charge in [-0.2, -0.15) is 0 Å². The van der Waals surface area contributed by atoms with Gasteiger partial charge in [-0.3, -0.25) is 14.9 Å². The fraction of sp³-hybridized carbons (Fsp3) is 0.240. The Hall–Kier alpha value is -3.78. The van der Waals surface area contributed by atoms with E-state index in [-0.39, 0.29) is 11.6 Å². The summed E-state index contributed by atoms with van der Waals surface area (Å²) in [5.74, 6) is 0.572. The molecule has 0 saturated heterocycles. The summed E-state index contributed by atoms with van der Waals surface area (Å²) in [6, 6.07) is 15.2. The molecule has 4 aromatic rings. The van der Waals surface area contributed by atoms with E-state index in [1.54, 1.807) is 36.4 Å². The molecule has 174 valence electrons. The van der Waals surface area contributed by atoms with Crippen LogP contribution in [-0.2, 0) is 13.0 Å². The van der Waals surface area contributed by atoms with E-state index in [1.165, 1.54) is 12.1 Å². The van der Waals surface area contributed by atoms with Crippen molar-refractivity contribution in [2.45, 2.75) is 39.7 Å². The minimum Gasteiger partial charge on any atom is -0.320 e. The average Bonchev–Trinajstić information content (AvgIpc) is 3.14. The normalized spacial score (nSPS) is 11.0. The summed E-state index contributed by atoms with van der Waals surface area (Å²) in [4.78, 5) is 32.9. The largest absolute Gasteiger partial charge is 0.320 e. The Balaban J connectivity index is 1.69. The first kappa shape index (κ1) is 23.4. The van der Waals surface area contributed by atoms with Crippen LogP contribution in [0.25, 0.3) is 11.2 Å². The van der Waals surface area contributed by atoms with Crippen LogP contribution < -0.4 is 5.32 Å². The zero-order valence-corrected chi connectivity index (χ0v) is 19.7. The Bertz CT molecular complexity index is 1370. The Morgan fingerprint density at radius 2 is 1.88 bits per heavy atom. The van der Waals surface area contributed by atoms with Gasteiger partial charge < -0.3 is 9.88 Å². The number of rotatable bonds is 8. The number of benzene rings is 2. The number of nitrogens with one attached hydrogen (secondary N) is 1. The number of hydrogen-bond acceptors (Lipinski definition) is 5. The van der Waals surface area contributed by atoms with Gasteiger partial charge in [-0.15, -0.1) is 0 Å². The first-order valence-corrected chi connectivity index (χ1v) is 11.4.